The molecule has 5 heteroatoms. The summed E-state index contributed by atoms with van der Waals surface area (Å²) in [4.78, 5) is 18.0. The Labute approximate surface area is 119 Å². The third-order valence-corrected chi connectivity index (χ3v) is 3.95. The smallest absolute Gasteiger partial charge is 0.307 e. The van der Waals surface area contributed by atoms with Crippen LogP contribution in [0.15, 0.2) is 5.38 Å². The number of ether oxygens (including phenoxy) is 1. The molecule has 1 rings (SSSR count). The van der Waals surface area contributed by atoms with Crippen LogP contribution in [0.25, 0.3) is 0 Å². The first-order valence-electron chi connectivity index (χ1n) is 6.62. The third-order valence-electron chi connectivity index (χ3n) is 2.63. The first kappa shape index (κ1) is 16.1. The molecule has 0 bridgehead atoms. The van der Waals surface area contributed by atoms with Crippen LogP contribution in [0, 0.1) is 0 Å². The van der Waals surface area contributed by atoms with Crippen molar-refractivity contribution >= 4 is 17.3 Å². The largest absolute Gasteiger partial charge is 0.466 e. The van der Waals surface area contributed by atoms with Gasteiger partial charge in [0.05, 0.1) is 23.7 Å². The van der Waals surface area contributed by atoms with Gasteiger partial charge < -0.3 is 4.74 Å². The van der Waals surface area contributed by atoms with Crippen LogP contribution >= 0.6 is 11.3 Å². The zero-order chi connectivity index (χ0) is 14.5. The Morgan fingerprint density at radius 3 is 2.68 bits per heavy atom. The van der Waals surface area contributed by atoms with Crippen molar-refractivity contribution < 1.29 is 9.53 Å². The lowest BCUT2D eigenvalue weighted by molar-refractivity contribution is -0.143. The number of aromatic nitrogens is 1. The van der Waals surface area contributed by atoms with Crippen molar-refractivity contribution in [3.8, 4) is 0 Å². The standard InChI is InChI=1S/C14H24N2O2S/c1-6-18-12(17)7-8-16(5)9-11-10-19-13(15-11)14(2,3)4/h10H,6-9H2,1-5H3. The molecule has 0 unspecified atom stereocenters. The van der Waals surface area contributed by atoms with Crippen molar-refractivity contribution in [3.63, 3.8) is 0 Å². The summed E-state index contributed by atoms with van der Waals surface area (Å²) in [5, 5.41) is 3.25. The fourth-order valence-electron chi connectivity index (χ4n) is 1.59. The molecule has 0 atom stereocenters. The highest BCUT2D eigenvalue weighted by atomic mass is 32.1. The molecular formula is C14H24N2O2S. The van der Waals surface area contributed by atoms with Gasteiger partial charge in [0.25, 0.3) is 0 Å². The minimum absolute atomic E-state index is 0.104. The lowest BCUT2D eigenvalue weighted by atomic mass is 9.98. The lowest BCUT2D eigenvalue weighted by Crippen LogP contribution is -2.22. The van der Waals surface area contributed by atoms with E-state index in [1.165, 1.54) is 0 Å². The average molecular weight is 284 g/mol. The SMILES string of the molecule is CCOC(=O)CCN(C)Cc1csc(C(C)(C)C)n1. The number of rotatable bonds is 6. The predicted octanol–water partition coefficient (Wildman–Crippen LogP) is 2.83. The van der Waals surface area contributed by atoms with E-state index < -0.39 is 0 Å². The van der Waals surface area contributed by atoms with Crippen LogP contribution in [0.2, 0.25) is 0 Å². The number of carbonyl (C=O) groups excluding carboxylic acids is 1. The molecule has 4 nitrogen and oxygen atoms in total. The maximum absolute atomic E-state index is 11.3. The molecule has 1 aromatic heterocycles. The lowest BCUT2D eigenvalue weighted by Gasteiger charge is -2.15. The Kier molecular flexibility index (Phi) is 5.94. The van der Waals surface area contributed by atoms with Crippen molar-refractivity contribution in [1.29, 1.82) is 0 Å². The summed E-state index contributed by atoms with van der Waals surface area (Å²) in [5.41, 5.74) is 1.17. The maximum Gasteiger partial charge on any atom is 0.307 e. The van der Waals surface area contributed by atoms with Crippen LogP contribution < -0.4 is 0 Å². The summed E-state index contributed by atoms with van der Waals surface area (Å²) in [7, 11) is 2.00. The number of esters is 1. The minimum Gasteiger partial charge on any atom is -0.466 e. The van der Waals surface area contributed by atoms with Crippen molar-refractivity contribution in [2.45, 2.75) is 46.1 Å². The van der Waals surface area contributed by atoms with Gasteiger partial charge in [0, 0.05) is 23.9 Å². The molecule has 0 aromatic carbocycles. The zero-order valence-corrected chi connectivity index (χ0v) is 13.3. The fourth-order valence-corrected chi connectivity index (χ4v) is 2.49. The molecule has 0 aliphatic heterocycles. The molecule has 0 spiro atoms. The van der Waals surface area contributed by atoms with Gasteiger partial charge in [0.1, 0.15) is 0 Å². The molecule has 19 heavy (non-hydrogen) atoms. The average Bonchev–Trinajstić information content (AvgIpc) is 2.75. The van der Waals surface area contributed by atoms with Crippen molar-refractivity contribution in [2.24, 2.45) is 0 Å². The summed E-state index contributed by atoms with van der Waals surface area (Å²) in [5.74, 6) is -0.136. The summed E-state index contributed by atoms with van der Waals surface area (Å²) in [6.07, 6.45) is 0.431. The van der Waals surface area contributed by atoms with Gasteiger partial charge >= 0.3 is 5.97 Å². The summed E-state index contributed by atoms with van der Waals surface area (Å²) in [6.45, 7) is 10.2. The summed E-state index contributed by atoms with van der Waals surface area (Å²) in [6, 6.07) is 0. The molecule has 1 heterocycles. The Bertz CT molecular complexity index is 410. The second-order valence-corrected chi connectivity index (χ2v) is 6.54. The number of thiazole rings is 1. The molecule has 0 radical (unpaired) electrons. The zero-order valence-electron chi connectivity index (χ0n) is 12.5. The van der Waals surface area contributed by atoms with Gasteiger partial charge in [-0.1, -0.05) is 20.8 Å². The van der Waals surface area contributed by atoms with E-state index in [9.17, 15) is 4.79 Å². The van der Waals surface area contributed by atoms with E-state index >= 15 is 0 Å². The molecule has 0 aliphatic rings. The van der Waals surface area contributed by atoms with Gasteiger partial charge in [0.2, 0.25) is 0 Å². The van der Waals surface area contributed by atoms with Crippen molar-refractivity contribution in [2.75, 3.05) is 20.2 Å². The highest BCUT2D eigenvalue weighted by Gasteiger charge is 2.18. The van der Waals surface area contributed by atoms with Crippen molar-refractivity contribution in [1.82, 2.24) is 9.88 Å². The minimum atomic E-state index is -0.136. The van der Waals surface area contributed by atoms with E-state index in [-0.39, 0.29) is 11.4 Å². The van der Waals surface area contributed by atoms with E-state index in [1.54, 1.807) is 11.3 Å². The second kappa shape index (κ2) is 7.01. The molecule has 0 saturated heterocycles. The Morgan fingerprint density at radius 2 is 2.16 bits per heavy atom. The third kappa shape index (κ3) is 5.70. The van der Waals surface area contributed by atoms with E-state index in [0.29, 0.717) is 19.6 Å². The predicted molar refractivity (Wildman–Crippen MR) is 78.4 cm³/mol. The topological polar surface area (TPSA) is 42.4 Å². The van der Waals surface area contributed by atoms with E-state index in [4.69, 9.17) is 4.74 Å². The van der Waals surface area contributed by atoms with Gasteiger partial charge in [0.15, 0.2) is 0 Å². The van der Waals surface area contributed by atoms with Crippen LogP contribution in [0.5, 0.6) is 0 Å². The van der Waals surface area contributed by atoms with Gasteiger partial charge in [-0.15, -0.1) is 11.3 Å². The van der Waals surface area contributed by atoms with Crippen molar-refractivity contribution in [3.05, 3.63) is 16.1 Å². The Balaban J connectivity index is 2.42. The molecule has 1 aromatic rings. The van der Waals surface area contributed by atoms with Gasteiger partial charge in [-0.05, 0) is 14.0 Å². The van der Waals surface area contributed by atoms with E-state index in [1.807, 2.05) is 14.0 Å². The molecular weight excluding hydrogens is 260 g/mol. The molecule has 0 amide bonds. The Hall–Kier alpha value is -0.940. The fraction of sp³-hybridized carbons (Fsp3) is 0.714. The number of nitrogens with zero attached hydrogens (tertiary/aromatic N) is 2. The quantitative estimate of drug-likeness (QED) is 0.753. The maximum atomic E-state index is 11.3. The van der Waals surface area contributed by atoms with Crippen LogP contribution in [-0.2, 0) is 21.5 Å². The summed E-state index contributed by atoms with van der Waals surface area (Å²) < 4.78 is 4.91. The van der Waals surface area contributed by atoms with Gasteiger partial charge in [-0.3, -0.25) is 9.69 Å². The highest BCUT2D eigenvalue weighted by molar-refractivity contribution is 7.09. The second-order valence-electron chi connectivity index (χ2n) is 5.69. The van der Waals surface area contributed by atoms with Crippen LogP contribution in [0.3, 0.4) is 0 Å². The molecule has 0 aliphatic carbocycles. The number of carbonyl (C=O) groups is 1. The first-order valence-corrected chi connectivity index (χ1v) is 7.50. The van der Waals surface area contributed by atoms with Crippen LogP contribution in [0.1, 0.15) is 44.8 Å². The van der Waals surface area contributed by atoms with Crippen LogP contribution in [-0.4, -0.2) is 36.1 Å². The first-order chi connectivity index (χ1) is 8.82. The monoisotopic (exact) mass is 284 g/mol. The van der Waals surface area contributed by atoms with Crippen LogP contribution in [0.4, 0.5) is 0 Å². The van der Waals surface area contributed by atoms with Gasteiger partial charge in [-0.25, -0.2) is 4.98 Å². The highest BCUT2D eigenvalue weighted by Crippen LogP contribution is 2.25. The molecule has 108 valence electrons. The number of hydrogen-bond donors (Lipinski definition) is 0. The molecule has 0 saturated carbocycles. The Morgan fingerprint density at radius 1 is 1.47 bits per heavy atom. The number of hydrogen-bond acceptors (Lipinski definition) is 5. The van der Waals surface area contributed by atoms with Gasteiger partial charge in [-0.2, -0.15) is 0 Å². The van der Waals surface area contributed by atoms with E-state index in [0.717, 1.165) is 17.2 Å². The molecule has 0 N–H and O–H groups in total. The summed E-state index contributed by atoms with van der Waals surface area (Å²) >= 11 is 1.70. The molecule has 0 fully saturated rings. The normalized spacial score (nSPS) is 11.9. The van der Waals surface area contributed by atoms with E-state index in [2.05, 4.69) is 36.0 Å².